The number of hydrogen-bond acceptors (Lipinski definition) is 4. The molecule has 1 saturated heterocycles. The molecule has 2 amide bonds. The maximum Gasteiger partial charge on any atom is 0.258 e. The highest BCUT2D eigenvalue weighted by Crippen LogP contribution is 2.17. The van der Waals surface area contributed by atoms with Gasteiger partial charge in [-0.3, -0.25) is 9.59 Å². The highest BCUT2D eigenvalue weighted by Gasteiger charge is 2.16. The van der Waals surface area contributed by atoms with Gasteiger partial charge in [-0.05, 0) is 25.0 Å². The number of rotatable bonds is 7. The van der Waals surface area contributed by atoms with Crippen LogP contribution in [0, 0.1) is 0 Å². The van der Waals surface area contributed by atoms with Crippen LogP contribution in [0.3, 0.4) is 0 Å². The number of hydrogen-bond donors (Lipinski definition) is 2. The summed E-state index contributed by atoms with van der Waals surface area (Å²) in [6.07, 6.45) is 2.57. The van der Waals surface area contributed by atoms with Crippen molar-refractivity contribution in [2.75, 3.05) is 25.1 Å². The third-order valence-corrected chi connectivity index (χ3v) is 3.36. The van der Waals surface area contributed by atoms with Crippen molar-refractivity contribution >= 4 is 17.5 Å². The second kappa shape index (κ2) is 8.38. The van der Waals surface area contributed by atoms with Crippen molar-refractivity contribution in [1.82, 2.24) is 5.32 Å². The van der Waals surface area contributed by atoms with Crippen molar-refractivity contribution in [3.05, 3.63) is 24.3 Å². The first-order chi connectivity index (χ1) is 10.7. The van der Waals surface area contributed by atoms with E-state index in [-0.39, 0.29) is 24.5 Å². The van der Waals surface area contributed by atoms with Crippen molar-refractivity contribution in [1.29, 1.82) is 0 Å². The van der Waals surface area contributed by atoms with E-state index in [0.717, 1.165) is 19.4 Å². The van der Waals surface area contributed by atoms with Crippen LogP contribution in [0.4, 0.5) is 5.69 Å². The van der Waals surface area contributed by atoms with Gasteiger partial charge in [-0.25, -0.2) is 0 Å². The van der Waals surface area contributed by atoms with Gasteiger partial charge in [0.2, 0.25) is 5.91 Å². The number of anilines is 1. The first-order valence-electron chi connectivity index (χ1n) is 7.58. The van der Waals surface area contributed by atoms with Crippen LogP contribution < -0.4 is 15.4 Å². The Hall–Kier alpha value is -2.08. The second-order valence-corrected chi connectivity index (χ2v) is 5.16. The lowest BCUT2D eigenvalue weighted by molar-refractivity contribution is -0.123. The molecule has 0 aromatic heterocycles. The standard InChI is InChI=1S/C16H22N2O4/c1-2-15(19)18-12-5-3-6-13(9-12)22-11-16(20)17-10-14-7-4-8-21-14/h3,5-6,9,14H,2,4,7-8,10-11H2,1H3,(H,17,20)(H,18,19). The van der Waals surface area contributed by atoms with E-state index < -0.39 is 0 Å². The third-order valence-electron chi connectivity index (χ3n) is 3.36. The molecule has 1 atom stereocenters. The molecule has 0 spiro atoms. The predicted molar refractivity (Wildman–Crippen MR) is 82.8 cm³/mol. The first-order valence-corrected chi connectivity index (χ1v) is 7.58. The molecule has 1 heterocycles. The smallest absolute Gasteiger partial charge is 0.258 e. The Morgan fingerprint density at radius 3 is 2.95 bits per heavy atom. The lowest BCUT2D eigenvalue weighted by Crippen LogP contribution is -2.35. The molecule has 120 valence electrons. The Morgan fingerprint density at radius 2 is 2.23 bits per heavy atom. The van der Waals surface area contributed by atoms with E-state index in [1.165, 1.54) is 0 Å². The SMILES string of the molecule is CCC(=O)Nc1cccc(OCC(=O)NCC2CCCO2)c1. The summed E-state index contributed by atoms with van der Waals surface area (Å²) in [5.74, 6) is 0.297. The average molecular weight is 306 g/mol. The van der Waals surface area contributed by atoms with Gasteiger partial charge in [0.15, 0.2) is 6.61 Å². The minimum atomic E-state index is -0.182. The van der Waals surface area contributed by atoms with Crippen LogP contribution in [0.2, 0.25) is 0 Å². The van der Waals surface area contributed by atoms with Crippen molar-refractivity contribution in [2.24, 2.45) is 0 Å². The maximum absolute atomic E-state index is 11.7. The lowest BCUT2D eigenvalue weighted by Gasteiger charge is -2.12. The summed E-state index contributed by atoms with van der Waals surface area (Å²) in [5, 5.41) is 5.54. The Bertz CT molecular complexity index is 513. The predicted octanol–water partition coefficient (Wildman–Crippen LogP) is 1.71. The van der Waals surface area contributed by atoms with Crippen LogP contribution in [0.1, 0.15) is 26.2 Å². The Labute approximate surface area is 130 Å². The molecule has 6 heteroatoms. The molecule has 1 aromatic rings. The highest BCUT2D eigenvalue weighted by molar-refractivity contribution is 5.90. The average Bonchev–Trinajstić information content (AvgIpc) is 3.04. The molecular formula is C16H22N2O4. The second-order valence-electron chi connectivity index (χ2n) is 5.16. The summed E-state index contributed by atoms with van der Waals surface area (Å²) in [6, 6.07) is 6.98. The summed E-state index contributed by atoms with van der Waals surface area (Å²) in [7, 11) is 0. The molecule has 1 unspecified atom stereocenters. The topological polar surface area (TPSA) is 76.7 Å². The van der Waals surface area contributed by atoms with E-state index in [1.807, 2.05) is 0 Å². The third kappa shape index (κ3) is 5.37. The number of carbonyl (C=O) groups is 2. The van der Waals surface area contributed by atoms with Gasteiger partial charge in [0.1, 0.15) is 5.75 Å². The molecule has 2 rings (SSSR count). The Morgan fingerprint density at radius 1 is 1.36 bits per heavy atom. The van der Waals surface area contributed by atoms with Crippen LogP contribution in [0.15, 0.2) is 24.3 Å². The molecule has 0 saturated carbocycles. The van der Waals surface area contributed by atoms with E-state index in [0.29, 0.717) is 24.4 Å². The van der Waals surface area contributed by atoms with Crippen LogP contribution in [0.25, 0.3) is 0 Å². The van der Waals surface area contributed by atoms with E-state index in [1.54, 1.807) is 31.2 Å². The summed E-state index contributed by atoms with van der Waals surface area (Å²) < 4.78 is 10.9. The van der Waals surface area contributed by atoms with Gasteiger partial charge in [-0.15, -0.1) is 0 Å². The molecule has 22 heavy (non-hydrogen) atoms. The molecule has 6 nitrogen and oxygen atoms in total. The van der Waals surface area contributed by atoms with E-state index >= 15 is 0 Å². The lowest BCUT2D eigenvalue weighted by atomic mass is 10.2. The number of nitrogens with one attached hydrogen (secondary N) is 2. The normalized spacial score (nSPS) is 17.0. The van der Waals surface area contributed by atoms with Crippen molar-refractivity contribution < 1.29 is 19.1 Å². The van der Waals surface area contributed by atoms with Crippen LogP contribution >= 0.6 is 0 Å². The summed E-state index contributed by atoms with van der Waals surface area (Å²) >= 11 is 0. The minimum absolute atomic E-state index is 0.0576. The first kappa shape index (κ1) is 16.3. The number of amides is 2. The fourth-order valence-electron chi connectivity index (χ4n) is 2.15. The number of benzene rings is 1. The zero-order valence-electron chi connectivity index (χ0n) is 12.8. The highest BCUT2D eigenvalue weighted by atomic mass is 16.5. The quantitative estimate of drug-likeness (QED) is 0.804. The van der Waals surface area contributed by atoms with Gasteiger partial charge in [-0.1, -0.05) is 13.0 Å². The van der Waals surface area contributed by atoms with Crippen LogP contribution in [0.5, 0.6) is 5.75 Å². The molecular weight excluding hydrogens is 284 g/mol. The largest absolute Gasteiger partial charge is 0.484 e. The molecule has 0 bridgehead atoms. The van der Waals surface area contributed by atoms with Crippen molar-refractivity contribution in [3.8, 4) is 5.75 Å². The molecule has 0 aliphatic carbocycles. The zero-order chi connectivity index (χ0) is 15.8. The molecule has 1 fully saturated rings. The van der Waals surface area contributed by atoms with Gasteiger partial charge < -0.3 is 20.1 Å². The fraction of sp³-hybridized carbons (Fsp3) is 0.500. The fourth-order valence-corrected chi connectivity index (χ4v) is 2.15. The summed E-state index contributed by atoms with van der Waals surface area (Å²) in [5.41, 5.74) is 0.657. The minimum Gasteiger partial charge on any atom is -0.484 e. The number of carbonyl (C=O) groups excluding carboxylic acids is 2. The number of ether oxygens (including phenoxy) is 2. The van der Waals surface area contributed by atoms with Gasteiger partial charge in [0, 0.05) is 31.3 Å². The molecule has 1 aliphatic heterocycles. The zero-order valence-corrected chi connectivity index (χ0v) is 12.8. The van der Waals surface area contributed by atoms with Gasteiger partial charge >= 0.3 is 0 Å². The van der Waals surface area contributed by atoms with Crippen LogP contribution in [-0.2, 0) is 14.3 Å². The van der Waals surface area contributed by atoms with E-state index in [2.05, 4.69) is 10.6 Å². The van der Waals surface area contributed by atoms with Crippen molar-refractivity contribution in [3.63, 3.8) is 0 Å². The monoisotopic (exact) mass is 306 g/mol. The Kier molecular flexibility index (Phi) is 6.21. The summed E-state index contributed by atoms with van der Waals surface area (Å²) in [6.45, 7) is 3.02. The van der Waals surface area contributed by atoms with E-state index in [9.17, 15) is 9.59 Å². The maximum atomic E-state index is 11.7. The van der Waals surface area contributed by atoms with Crippen LogP contribution in [-0.4, -0.2) is 37.7 Å². The molecule has 0 radical (unpaired) electrons. The Balaban J connectivity index is 1.74. The molecule has 1 aliphatic rings. The summed E-state index contributed by atoms with van der Waals surface area (Å²) in [4.78, 5) is 23.1. The van der Waals surface area contributed by atoms with Crippen molar-refractivity contribution in [2.45, 2.75) is 32.3 Å². The van der Waals surface area contributed by atoms with E-state index in [4.69, 9.17) is 9.47 Å². The molecule has 1 aromatic carbocycles. The molecule has 2 N–H and O–H groups in total. The van der Waals surface area contributed by atoms with Gasteiger partial charge in [0.25, 0.3) is 5.91 Å². The van der Waals surface area contributed by atoms with Gasteiger partial charge in [0.05, 0.1) is 6.10 Å². The van der Waals surface area contributed by atoms with Gasteiger partial charge in [-0.2, -0.15) is 0 Å².